The number of rotatable bonds is 22. The minimum absolute atomic E-state index is 0. The molecule has 0 bridgehead atoms. The monoisotopic (exact) mass is 1130 g/mol. The van der Waals surface area contributed by atoms with Crippen molar-refractivity contribution in [2.75, 3.05) is 25.4 Å². The van der Waals surface area contributed by atoms with E-state index in [1.807, 2.05) is 42.1 Å². The average molecular weight is 1130 g/mol. The second-order valence-electron chi connectivity index (χ2n) is 16.2. The maximum atomic E-state index is 11.5. The molecule has 10 heteroatoms. The summed E-state index contributed by atoms with van der Waals surface area (Å²) in [5.74, 6) is 6.18. The maximum absolute atomic E-state index is 11.5. The molecule has 4 aromatic carbocycles. The Bertz CT molecular complexity index is 1910. The number of hydrogen-bond donors (Lipinski definition) is 3. The van der Waals surface area contributed by atoms with Crippen molar-refractivity contribution in [1.82, 2.24) is 0 Å². The van der Waals surface area contributed by atoms with Gasteiger partial charge in [-0.15, -0.1) is 42.2 Å². The Balaban J connectivity index is 0.000000343. The maximum Gasteiger partial charge on any atom is 0.306 e. The number of aliphatic carboxylic acids is 1. The van der Waals surface area contributed by atoms with Crippen LogP contribution in [0.4, 0.5) is 0 Å². The first kappa shape index (κ1) is 54.9. The summed E-state index contributed by atoms with van der Waals surface area (Å²) in [6.45, 7) is 8.55. The van der Waals surface area contributed by atoms with Gasteiger partial charge in [0.05, 0.1) is 11.7 Å². The minimum Gasteiger partial charge on any atom is -0.510 e. The number of unbranched alkanes of at least 4 members (excludes halogenated alkanes) is 8. The van der Waals surface area contributed by atoms with E-state index in [-0.39, 0.29) is 101 Å². The van der Waals surface area contributed by atoms with Crippen LogP contribution in [0.1, 0.15) is 136 Å². The number of allylic oxidation sites excluding steroid dienone is 1. The Morgan fingerprint density at radius 2 is 1.27 bits per heavy atom. The molecule has 0 aromatic heterocycles. The number of hydrogen-bond acceptors (Lipinski definition) is 7. The number of carbonyl (C=O) groups is 1. The summed E-state index contributed by atoms with van der Waals surface area (Å²) < 4.78 is 10.6. The van der Waals surface area contributed by atoms with E-state index in [1.165, 1.54) is 81.5 Å². The first-order valence-corrected chi connectivity index (χ1v) is 23.9. The zero-order valence-electron chi connectivity index (χ0n) is 37.2. The molecule has 0 aliphatic carbocycles. The largest absolute Gasteiger partial charge is 0.510 e. The van der Waals surface area contributed by atoms with Gasteiger partial charge in [0.25, 0.3) is 0 Å². The summed E-state index contributed by atoms with van der Waals surface area (Å²) in [5, 5.41) is 29.2. The minimum atomic E-state index is -0.619. The molecule has 3 atom stereocenters. The van der Waals surface area contributed by atoms with Gasteiger partial charge in [-0.25, -0.2) is 0 Å². The predicted molar refractivity (Wildman–Crippen MR) is 250 cm³/mol. The van der Waals surface area contributed by atoms with Crippen LogP contribution in [-0.2, 0) is 9.53 Å². The fraction of sp³-hybridized carbons (Fsp3) is 0.442. The number of carboxylic acid groups (broad SMARTS) is 1. The van der Waals surface area contributed by atoms with E-state index in [2.05, 4.69) is 62.9 Å². The second kappa shape index (κ2) is 30.0. The Kier molecular flexibility index (Phi) is 26.6. The molecular formula is C52H66O6Pr2S2-2. The number of phenolic OH excluding ortho intramolecular Hbond substituents is 2. The number of ether oxygens (including phenoxy) is 2. The van der Waals surface area contributed by atoms with Gasteiger partial charge in [0, 0.05) is 99.5 Å². The molecule has 2 radical (unpaired) electrons. The summed E-state index contributed by atoms with van der Waals surface area (Å²) in [7, 11) is 1.64. The van der Waals surface area contributed by atoms with Crippen LogP contribution in [0.25, 0.3) is 0 Å². The molecule has 0 saturated heterocycles. The number of aromatic hydroxyl groups is 2. The molecular weight excluding hydrogens is 1070 g/mol. The zero-order valence-corrected chi connectivity index (χ0v) is 46.2. The summed E-state index contributed by atoms with van der Waals surface area (Å²) in [4.78, 5) is 14.0. The van der Waals surface area contributed by atoms with Gasteiger partial charge in [-0.3, -0.25) is 4.79 Å². The molecule has 1 unspecified atom stereocenters. The first-order valence-electron chi connectivity index (χ1n) is 22.0. The molecule has 3 N–H and O–H groups in total. The quantitative estimate of drug-likeness (QED) is 0.0310. The van der Waals surface area contributed by atoms with E-state index in [4.69, 9.17) is 9.47 Å². The Labute approximate surface area is 447 Å². The fourth-order valence-corrected chi connectivity index (χ4v) is 10.9. The molecule has 6 nitrogen and oxygen atoms in total. The number of thioether (sulfide) groups is 2. The van der Waals surface area contributed by atoms with Crippen molar-refractivity contribution in [1.29, 1.82) is 0 Å². The van der Waals surface area contributed by atoms with Crippen LogP contribution < -0.4 is 4.74 Å². The molecule has 62 heavy (non-hydrogen) atoms. The molecule has 2 aliphatic rings. The van der Waals surface area contributed by atoms with Gasteiger partial charge < -0.3 is 24.8 Å². The molecule has 2 aliphatic heterocycles. The third kappa shape index (κ3) is 17.1. The van der Waals surface area contributed by atoms with E-state index in [9.17, 15) is 20.1 Å². The van der Waals surface area contributed by atoms with Gasteiger partial charge in [0.1, 0.15) is 11.5 Å². The van der Waals surface area contributed by atoms with Gasteiger partial charge in [-0.05, 0) is 84.9 Å². The first-order chi connectivity index (χ1) is 29.2. The molecule has 0 saturated carbocycles. The van der Waals surface area contributed by atoms with E-state index in [0.29, 0.717) is 17.6 Å². The third-order valence-electron chi connectivity index (χ3n) is 11.8. The molecule has 6 rings (SSSR count). The molecule has 2 heterocycles. The van der Waals surface area contributed by atoms with Gasteiger partial charge in [-0.1, -0.05) is 113 Å². The number of carboxylic acids is 1. The summed E-state index contributed by atoms with van der Waals surface area (Å²) >= 11 is 3.66. The van der Waals surface area contributed by atoms with Crippen molar-refractivity contribution in [3.8, 4) is 17.2 Å². The van der Waals surface area contributed by atoms with Crippen molar-refractivity contribution in [3.05, 3.63) is 137 Å². The molecule has 4 aromatic rings. The topological polar surface area (TPSA) is 96.2 Å². The summed E-state index contributed by atoms with van der Waals surface area (Å²) in [5.41, 5.74) is 6.48. The molecule has 330 valence electrons. The van der Waals surface area contributed by atoms with Crippen LogP contribution >= 0.6 is 23.5 Å². The van der Waals surface area contributed by atoms with Crippen molar-refractivity contribution in [2.45, 2.75) is 125 Å². The van der Waals surface area contributed by atoms with Crippen LogP contribution in [0.5, 0.6) is 17.2 Å². The van der Waals surface area contributed by atoms with Crippen LogP contribution in [0.15, 0.2) is 107 Å². The molecule has 0 amide bonds. The Hall–Kier alpha value is -1.38. The number of fused-ring (bicyclic) bond motifs is 2. The third-order valence-corrected chi connectivity index (χ3v) is 14.0. The molecule has 0 spiro atoms. The van der Waals surface area contributed by atoms with E-state index < -0.39 is 5.97 Å². The number of aryl methyl sites for hydroxylation is 1. The SMILES string of the molecule is C=CC[C@@H]1c2ccc(OCOC)cc2SC[C-]1c1ccc(C)cc1.CCCCCCC(CCCCCCCC[C@@H]1c2ccc(O)cc2SC[C-]1c1ccc(O)cc1)C(=O)O.[Pr].[Pr]. The van der Waals surface area contributed by atoms with Crippen LogP contribution in [0, 0.1) is 107 Å². The fourth-order valence-electron chi connectivity index (χ4n) is 8.40. The average Bonchev–Trinajstić information content (AvgIpc) is 3.25. The second-order valence-corrected chi connectivity index (χ2v) is 18.3. The molecule has 0 fully saturated rings. The van der Waals surface area contributed by atoms with E-state index in [1.54, 1.807) is 37.1 Å². The number of benzene rings is 4. The van der Waals surface area contributed by atoms with Crippen molar-refractivity contribution in [3.63, 3.8) is 0 Å². The van der Waals surface area contributed by atoms with Crippen molar-refractivity contribution in [2.24, 2.45) is 5.92 Å². The van der Waals surface area contributed by atoms with Gasteiger partial charge >= 0.3 is 5.97 Å². The van der Waals surface area contributed by atoms with Crippen LogP contribution in [0.3, 0.4) is 0 Å². The van der Waals surface area contributed by atoms with Crippen molar-refractivity contribution < 1.29 is 112 Å². The zero-order chi connectivity index (χ0) is 42.7. The Morgan fingerprint density at radius 3 is 1.89 bits per heavy atom. The number of phenols is 2. The summed E-state index contributed by atoms with van der Waals surface area (Å²) in [6, 6.07) is 28.5. The van der Waals surface area contributed by atoms with Gasteiger partial charge in [0.2, 0.25) is 0 Å². The normalized spacial score (nSPS) is 15.7. The number of methoxy groups -OCH3 is 1. The predicted octanol–water partition coefficient (Wildman–Crippen LogP) is 14.1. The smallest absolute Gasteiger partial charge is 0.306 e. The van der Waals surface area contributed by atoms with E-state index >= 15 is 0 Å². The van der Waals surface area contributed by atoms with Gasteiger partial charge in [0.15, 0.2) is 6.79 Å². The Morgan fingerprint density at radius 1 is 0.742 bits per heavy atom. The van der Waals surface area contributed by atoms with Gasteiger partial charge in [-0.2, -0.15) is 47.2 Å². The van der Waals surface area contributed by atoms with Crippen molar-refractivity contribution >= 4 is 29.5 Å². The van der Waals surface area contributed by atoms with Crippen LogP contribution in [-0.4, -0.2) is 46.7 Å². The summed E-state index contributed by atoms with van der Waals surface area (Å²) in [6.07, 6.45) is 17.1. The standard InChI is InChI=1S/C31H43O4S.C21H23O2S.2Pr/c1-2-3-4-9-12-24(31(34)35)13-10-7-5-6-8-11-14-27-28-20-19-26(33)21-30(28)36-22-29(27)23-15-17-25(32)18-16-23;1-4-5-18-19-11-10-17(23-14-22-3)12-21(19)24-13-20(18)16-8-6-15(2)7-9-16;;/h15-21,24,27,32-33H,2-14,22H2,1H3,(H,34,35);4,6-12,18H,1,5,13-14H2,2-3H3;;/q2*-1;;/t24?,27-;18-;;/m11../s1. The van der Waals surface area contributed by atoms with Crippen LogP contribution in [0.2, 0.25) is 0 Å². The van der Waals surface area contributed by atoms with E-state index in [0.717, 1.165) is 75.0 Å².